The molecule has 3 atom stereocenters. The van der Waals surface area contributed by atoms with Crippen LogP contribution in [0.25, 0.3) is 0 Å². The first-order valence-electron chi connectivity index (χ1n) is 14.0. The predicted molar refractivity (Wildman–Crippen MR) is 141 cm³/mol. The van der Waals surface area contributed by atoms with E-state index < -0.39 is 36.0 Å². The largest absolute Gasteiger partial charge is 0.480 e. The van der Waals surface area contributed by atoms with E-state index in [1.165, 1.54) is 90.4 Å². The lowest BCUT2D eigenvalue weighted by Crippen LogP contribution is -2.54. The zero-order valence-corrected chi connectivity index (χ0v) is 22.4. The van der Waals surface area contributed by atoms with E-state index in [0.717, 1.165) is 19.3 Å². The Bertz CT molecular complexity index is 557. The lowest BCUT2D eigenvalue weighted by atomic mass is 10.0. The highest BCUT2D eigenvalue weighted by atomic mass is 16.4. The minimum absolute atomic E-state index is 0.0813. The second-order valence-corrected chi connectivity index (χ2v) is 9.88. The quantitative estimate of drug-likeness (QED) is 0.118. The number of carbonyl (C=O) groups excluding carboxylic acids is 2. The summed E-state index contributed by atoms with van der Waals surface area (Å²) in [5, 5.41) is 24.6. The van der Waals surface area contributed by atoms with Crippen molar-refractivity contribution in [1.82, 2.24) is 10.6 Å². The molecule has 0 saturated carbocycles. The van der Waals surface area contributed by atoms with E-state index in [1.54, 1.807) is 0 Å². The van der Waals surface area contributed by atoms with Crippen LogP contribution in [0.15, 0.2) is 0 Å². The molecule has 0 aliphatic carbocycles. The van der Waals surface area contributed by atoms with Crippen LogP contribution in [-0.2, 0) is 14.4 Å². The number of primary amides is 1. The van der Waals surface area contributed by atoms with Crippen molar-refractivity contribution < 1.29 is 24.6 Å². The summed E-state index contributed by atoms with van der Waals surface area (Å²) in [4.78, 5) is 34.7. The van der Waals surface area contributed by atoms with E-state index in [4.69, 9.17) is 5.73 Å². The maximum atomic E-state index is 12.4. The van der Waals surface area contributed by atoms with E-state index in [2.05, 4.69) is 17.6 Å². The lowest BCUT2D eigenvalue weighted by Gasteiger charge is -2.23. The Balaban J connectivity index is 3.80. The Hall–Kier alpha value is -1.67. The normalized spacial score (nSPS) is 13.8. The number of hydrogen-bond donors (Lipinski definition) is 5. The molecule has 0 aromatic carbocycles. The minimum atomic E-state index is -1.23. The molecule has 6 N–H and O–H groups in total. The number of aliphatic hydroxyl groups is 1. The van der Waals surface area contributed by atoms with Gasteiger partial charge < -0.3 is 26.6 Å². The van der Waals surface area contributed by atoms with Gasteiger partial charge in [0.05, 0.1) is 6.10 Å². The Morgan fingerprint density at radius 3 is 1.57 bits per heavy atom. The summed E-state index contributed by atoms with van der Waals surface area (Å²) < 4.78 is 0. The number of aliphatic carboxylic acids is 1. The Labute approximate surface area is 213 Å². The van der Waals surface area contributed by atoms with Gasteiger partial charge in [0, 0.05) is 6.42 Å². The summed E-state index contributed by atoms with van der Waals surface area (Å²) in [6, 6.07) is -2.12. The van der Waals surface area contributed by atoms with E-state index in [0.29, 0.717) is 6.54 Å². The summed E-state index contributed by atoms with van der Waals surface area (Å²) >= 11 is 0. The Morgan fingerprint density at radius 1 is 0.771 bits per heavy atom. The van der Waals surface area contributed by atoms with E-state index in [-0.39, 0.29) is 12.8 Å². The van der Waals surface area contributed by atoms with Gasteiger partial charge in [-0.15, -0.1) is 0 Å². The summed E-state index contributed by atoms with van der Waals surface area (Å²) in [6.45, 7) is 4.32. The Morgan fingerprint density at radius 2 is 1.20 bits per heavy atom. The van der Waals surface area contributed by atoms with Gasteiger partial charge in [-0.25, -0.2) is 4.79 Å². The molecule has 0 aliphatic rings. The molecule has 0 bridgehead atoms. The van der Waals surface area contributed by atoms with E-state index in [9.17, 15) is 24.6 Å². The van der Waals surface area contributed by atoms with Crippen molar-refractivity contribution in [3.05, 3.63) is 0 Å². The molecule has 0 aliphatic heterocycles. The van der Waals surface area contributed by atoms with Crippen LogP contribution in [0.5, 0.6) is 0 Å². The van der Waals surface area contributed by atoms with Gasteiger partial charge >= 0.3 is 5.97 Å². The SMILES string of the molecule is CCCCCCCCCCCCCCCCCCN[C@H](C(=O)N[C@H](CCC(N)=O)C(=O)O)[C@@H](C)O. The number of carboxylic acid groups (broad SMARTS) is 1. The Kier molecular flexibility index (Phi) is 21.7. The maximum absolute atomic E-state index is 12.4. The van der Waals surface area contributed by atoms with Crippen LogP contribution in [0.1, 0.15) is 129 Å². The summed E-state index contributed by atoms with van der Waals surface area (Å²) in [7, 11) is 0. The van der Waals surface area contributed by atoms with E-state index >= 15 is 0 Å². The predicted octanol–water partition coefficient (Wildman–Crippen LogP) is 4.42. The van der Waals surface area contributed by atoms with Gasteiger partial charge in [0.25, 0.3) is 0 Å². The molecule has 0 heterocycles. The van der Waals surface area contributed by atoms with Gasteiger partial charge in [-0.3, -0.25) is 9.59 Å². The average molecular weight is 500 g/mol. The monoisotopic (exact) mass is 499 g/mol. The zero-order valence-electron chi connectivity index (χ0n) is 22.4. The number of nitrogens with one attached hydrogen (secondary N) is 2. The molecule has 2 amide bonds. The highest BCUT2D eigenvalue weighted by molar-refractivity contribution is 5.87. The van der Waals surface area contributed by atoms with Crippen LogP contribution in [0.3, 0.4) is 0 Å². The number of carbonyl (C=O) groups is 3. The lowest BCUT2D eigenvalue weighted by molar-refractivity contribution is -0.143. The molecular weight excluding hydrogens is 446 g/mol. The number of nitrogens with two attached hydrogens (primary N) is 1. The third kappa shape index (κ3) is 20.2. The van der Waals surface area contributed by atoms with Crippen LogP contribution in [0.2, 0.25) is 0 Å². The molecule has 0 rings (SSSR count). The summed E-state index contributed by atoms with van der Waals surface area (Å²) in [5.41, 5.74) is 5.06. The number of amides is 2. The van der Waals surface area contributed by atoms with Crippen LogP contribution >= 0.6 is 0 Å². The second-order valence-electron chi connectivity index (χ2n) is 9.88. The molecular formula is C27H53N3O5. The molecule has 0 radical (unpaired) electrons. The number of carboxylic acids is 1. The van der Waals surface area contributed by atoms with Crippen molar-refractivity contribution in [2.24, 2.45) is 5.73 Å². The van der Waals surface area contributed by atoms with Crippen molar-refractivity contribution in [3.63, 3.8) is 0 Å². The van der Waals surface area contributed by atoms with Gasteiger partial charge in [-0.2, -0.15) is 0 Å². The van der Waals surface area contributed by atoms with Crippen LogP contribution in [0.4, 0.5) is 0 Å². The van der Waals surface area contributed by atoms with Crippen LogP contribution in [-0.4, -0.2) is 52.7 Å². The van der Waals surface area contributed by atoms with Gasteiger partial charge in [-0.1, -0.05) is 103 Å². The van der Waals surface area contributed by atoms with Gasteiger partial charge in [0.1, 0.15) is 12.1 Å². The molecule has 0 aromatic rings. The molecule has 8 heteroatoms. The van der Waals surface area contributed by atoms with Crippen molar-refractivity contribution in [2.75, 3.05) is 6.54 Å². The first kappa shape index (κ1) is 33.3. The molecule has 8 nitrogen and oxygen atoms in total. The van der Waals surface area contributed by atoms with Crippen molar-refractivity contribution >= 4 is 17.8 Å². The minimum Gasteiger partial charge on any atom is -0.480 e. The number of unbranched alkanes of at least 4 members (excludes halogenated alkanes) is 15. The topological polar surface area (TPSA) is 142 Å². The van der Waals surface area contributed by atoms with E-state index in [1.807, 2.05) is 0 Å². The van der Waals surface area contributed by atoms with Gasteiger partial charge in [0.15, 0.2) is 0 Å². The first-order valence-corrected chi connectivity index (χ1v) is 14.0. The first-order chi connectivity index (χ1) is 16.8. The molecule has 0 fully saturated rings. The van der Waals surface area contributed by atoms with Crippen molar-refractivity contribution in [3.8, 4) is 0 Å². The molecule has 0 aromatic heterocycles. The second kappa shape index (κ2) is 22.8. The van der Waals surface area contributed by atoms with Gasteiger partial charge in [0.2, 0.25) is 11.8 Å². The molecule has 35 heavy (non-hydrogen) atoms. The van der Waals surface area contributed by atoms with Gasteiger partial charge in [-0.05, 0) is 26.3 Å². The highest BCUT2D eigenvalue weighted by Gasteiger charge is 2.28. The fourth-order valence-electron chi connectivity index (χ4n) is 4.22. The molecule has 0 spiro atoms. The summed E-state index contributed by atoms with van der Waals surface area (Å²) in [6.07, 6.45) is 19.4. The third-order valence-corrected chi connectivity index (χ3v) is 6.45. The fourth-order valence-corrected chi connectivity index (χ4v) is 4.22. The number of rotatable bonds is 25. The summed E-state index contributed by atoms with van der Waals surface area (Å²) in [5.74, 6) is -2.45. The number of aliphatic hydroxyl groups excluding tert-OH is 1. The number of hydrogen-bond acceptors (Lipinski definition) is 5. The standard InChI is InChI=1S/C27H53N3O5/c1-3-4-5-6-7-8-9-10-11-12-13-14-15-16-17-18-21-29-25(22(2)31)26(33)30-23(27(34)35)19-20-24(28)32/h22-23,25,29,31H,3-21H2,1-2H3,(H2,28,32)(H,30,33)(H,34,35)/t22-,23-,25+/m1/s1. The smallest absolute Gasteiger partial charge is 0.326 e. The van der Waals surface area contributed by atoms with Crippen LogP contribution in [0, 0.1) is 0 Å². The molecule has 0 saturated heterocycles. The molecule has 0 unspecified atom stereocenters. The molecule has 206 valence electrons. The maximum Gasteiger partial charge on any atom is 0.326 e. The fraction of sp³-hybridized carbons (Fsp3) is 0.889. The average Bonchev–Trinajstić information content (AvgIpc) is 2.80. The van der Waals surface area contributed by atoms with Crippen LogP contribution < -0.4 is 16.4 Å². The van der Waals surface area contributed by atoms with Crippen molar-refractivity contribution in [1.29, 1.82) is 0 Å². The zero-order chi connectivity index (χ0) is 26.3. The third-order valence-electron chi connectivity index (χ3n) is 6.45. The van der Waals surface area contributed by atoms with Crippen molar-refractivity contribution in [2.45, 2.75) is 148 Å². The highest BCUT2D eigenvalue weighted by Crippen LogP contribution is 2.13.